The van der Waals surface area contributed by atoms with Gasteiger partial charge in [0.15, 0.2) is 0 Å². The Morgan fingerprint density at radius 1 is 1.35 bits per heavy atom. The Morgan fingerprint density at radius 3 is 2.50 bits per heavy atom. The number of nitrogens with one attached hydrogen (secondary N) is 1. The third kappa shape index (κ3) is 5.73. The summed E-state index contributed by atoms with van der Waals surface area (Å²) in [5.41, 5.74) is 1.13. The molecule has 1 atom stereocenters. The average Bonchev–Trinajstić information content (AvgIpc) is 2.24. The van der Waals surface area contributed by atoms with Crippen LogP contribution in [0.4, 0.5) is 4.79 Å². The van der Waals surface area contributed by atoms with E-state index in [2.05, 4.69) is 5.32 Å². The molecule has 0 aliphatic carbocycles. The summed E-state index contributed by atoms with van der Waals surface area (Å²) >= 11 is 0. The van der Waals surface area contributed by atoms with Crippen LogP contribution < -0.4 is 5.32 Å². The maximum atomic E-state index is 11.8. The molecule has 110 valence electrons. The largest absolute Gasteiger partial charge is 0.481 e. The zero-order valence-electron chi connectivity index (χ0n) is 12.3. The minimum absolute atomic E-state index is 0.192. The van der Waals surface area contributed by atoms with Crippen LogP contribution in [-0.2, 0) is 9.53 Å². The fraction of sp³-hybridized carbons (Fsp3) is 0.467. The summed E-state index contributed by atoms with van der Waals surface area (Å²) in [5, 5.41) is 11.6. The Bertz CT molecular complexity index is 491. The van der Waals surface area contributed by atoms with Gasteiger partial charge in [-0.15, -0.1) is 0 Å². The van der Waals surface area contributed by atoms with Crippen LogP contribution in [0.25, 0.3) is 0 Å². The Morgan fingerprint density at radius 2 is 2.00 bits per heavy atom. The van der Waals surface area contributed by atoms with Gasteiger partial charge in [-0.3, -0.25) is 4.79 Å². The van der Waals surface area contributed by atoms with E-state index in [0.717, 1.165) is 11.1 Å². The van der Waals surface area contributed by atoms with E-state index in [1.54, 1.807) is 26.8 Å². The van der Waals surface area contributed by atoms with E-state index in [-0.39, 0.29) is 6.42 Å². The first-order chi connectivity index (χ1) is 9.17. The highest BCUT2D eigenvalue weighted by Gasteiger charge is 2.22. The molecule has 1 amide bonds. The van der Waals surface area contributed by atoms with Crippen LogP contribution >= 0.6 is 0 Å². The van der Waals surface area contributed by atoms with E-state index < -0.39 is 23.7 Å². The number of benzene rings is 1. The fourth-order valence-corrected chi connectivity index (χ4v) is 1.76. The molecule has 0 aliphatic rings. The molecule has 0 heterocycles. The SMILES string of the molecule is Cc1cccc([C@H](CC(=O)O)NC(=O)OC(C)(C)C)c1. The van der Waals surface area contributed by atoms with Crippen LogP contribution in [0.3, 0.4) is 0 Å². The molecule has 0 radical (unpaired) electrons. The Hall–Kier alpha value is -2.04. The minimum atomic E-state index is -0.979. The zero-order valence-corrected chi connectivity index (χ0v) is 12.3. The van der Waals surface area contributed by atoms with Crippen molar-refractivity contribution in [2.45, 2.75) is 45.8 Å². The van der Waals surface area contributed by atoms with Crippen LogP contribution in [0.2, 0.25) is 0 Å². The molecule has 20 heavy (non-hydrogen) atoms. The van der Waals surface area contributed by atoms with Gasteiger partial charge in [-0.1, -0.05) is 29.8 Å². The van der Waals surface area contributed by atoms with Crippen molar-refractivity contribution in [1.82, 2.24) is 5.32 Å². The Kier molecular flexibility index (Phi) is 5.13. The van der Waals surface area contributed by atoms with Crippen LogP contribution in [-0.4, -0.2) is 22.8 Å². The number of rotatable bonds is 4. The summed E-state index contributed by atoms with van der Waals surface area (Å²) in [5.74, 6) is -0.979. The van der Waals surface area contributed by atoms with Crippen LogP contribution in [0.15, 0.2) is 24.3 Å². The fourth-order valence-electron chi connectivity index (χ4n) is 1.76. The second-order valence-electron chi connectivity index (χ2n) is 5.71. The second kappa shape index (κ2) is 6.41. The summed E-state index contributed by atoms with van der Waals surface area (Å²) in [6.07, 6.45) is -0.812. The first-order valence-corrected chi connectivity index (χ1v) is 6.45. The summed E-state index contributed by atoms with van der Waals surface area (Å²) < 4.78 is 5.16. The van der Waals surface area contributed by atoms with E-state index in [4.69, 9.17) is 9.84 Å². The predicted molar refractivity (Wildman–Crippen MR) is 75.5 cm³/mol. The lowest BCUT2D eigenvalue weighted by Crippen LogP contribution is -2.35. The molecule has 1 aromatic rings. The molecule has 0 bridgehead atoms. The Labute approximate surface area is 118 Å². The first kappa shape index (κ1) is 16.0. The van der Waals surface area contributed by atoms with Crippen molar-refractivity contribution in [1.29, 1.82) is 0 Å². The third-order valence-corrected chi connectivity index (χ3v) is 2.51. The monoisotopic (exact) mass is 279 g/mol. The molecule has 0 aromatic heterocycles. The number of hydrogen-bond acceptors (Lipinski definition) is 3. The zero-order chi connectivity index (χ0) is 15.3. The number of alkyl carbamates (subject to hydrolysis) is 1. The summed E-state index contributed by atoms with van der Waals surface area (Å²) in [4.78, 5) is 22.7. The van der Waals surface area contributed by atoms with Gasteiger partial charge in [-0.05, 0) is 33.3 Å². The highest BCUT2D eigenvalue weighted by Crippen LogP contribution is 2.19. The lowest BCUT2D eigenvalue weighted by molar-refractivity contribution is -0.137. The number of carboxylic acids is 1. The molecule has 0 saturated heterocycles. The van der Waals surface area contributed by atoms with Gasteiger partial charge in [-0.25, -0.2) is 4.79 Å². The second-order valence-corrected chi connectivity index (χ2v) is 5.71. The van der Waals surface area contributed by atoms with Crippen molar-refractivity contribution in [2.75, 3.05) is 0 Å². The van der Waals surface area contributed by atoms with Crippen molar-refractivity contribution in [2.24, 2.45) is 0 Å². The smallest absolute Gasteiger partial charge is 0.408 e. The average molecular weight is 279 g/mol. The molecule has 0 spiro atoms. The molecule has 1 rings (SSSR count). The molecule has 0 saturated carbocycles. The minimum Gasteiger partial charge on any atom is -0.481 e. The molecular weight excluding hydrogens is 258 g/mol. The van der Waals surface area contributed by atoms with Crippen LogP contribution in [0.1, 0.15) is 44.4 Å². The van der Waals surface area contributed by atoms with Gasteiger partial charge in [0.2, 0.25) is 0 Å². The number of hydrogen-bond donors (Lipinski definition) is 2. The topological polar surface area (TPSA) is 75.6 Å². The number of carboxylic acid groups (broad SMARTS) is 1. The molecule has 0 fully saturated rings. The van der Waals surface area contributed by atoms with E-state index in [9.17, 15) is 9.59 Å². The lowest BCUT2D eigenvalue weighted by atomic mass is 10.0. The molecule has 0 unspecified atom stereocenters. The van der Waals surface area contributed by atoms with Gasteiger partial charge in [0.1, 0.15) is 5.60 Å². The first-order valence-electron chi connectivity index (χ1n) is 6.45. The molecule has 2 N–H and O–H groups in total. The maximum Gasteiger partial charge on any atom is 0.408 e. The van der Waals surface area contributed by atoms with E-state index in [0.29, 0.717) is 0 Å². The van der Waals surface area contributed by atoms with Gasteiger partial charge in [0, 0.05) is 0 Å². The summed E-state index contributed by atoms with van der Waals surface area (Å²) in [6, 6.07) is 6.77. The van der Waals surface area contributed by atoms with Gasteiger partial charge < -0.3 is 15.2 Å². The number of aliphatic carboxylic acids is 1. The normalized spacial score (nSPS) is 12.6. The van der Waals surface area contributed by atoms with Gasteiger partial charge in [-0.2, -0.15) is 0 Å². The van der Waals surface area contributed by atoms with Crippen molar-refractivity contribution >= 4 is 12.1 Å². The quantitative estimate of drug-likeness (QED) is 0.888. The molecule has 1 aromatic carbocycles. The van der Waals surface area contributed by atoms with E-state index in [1.807, 2.05) is 25.1 Å². The van der Waals surface area contributed by atoms with Gasteiger partial charge in [0.25, 0.3) is 0 Å². The molecule has 0 aliphatic heterocycles. The van der Waals surface area contributed by atoms with Crippen molar-refractivity contribution in [3.63, 3.8) is 0 Å². The van der Waals surface area contributed by atoms with Gasteiger partial charge in [0.05, 0.1) is 12.5 Å². The summed E-state index contributed by atoms with van der Waals surface area (Å²) in [7, 11) is 0. The number of carbonyl (C=O) groups excluding carboxylic acids is 1. The maximum absolute atomic E-state index is 11.8. The van der Waals surface area contributed by atoms with Crippen LogP contribution in [0.5, 0.6) is 0 Å². The third-order valence-electron chi connectivity index (χ3n) is 2.51. The number of carbonyl (C=O) groups is 2. The Balaban J connectivity index is 2.85. The number of aryl methyl sites for hydroxylation is 1. The summed E-state index contributed by atoms with van der Waals surface area (Å²) in [6.45, 7) is 7.18. The van der Waals surface area contributed by atoms with E-state index in [1.165, 1.54) is 0 Å². The van der Waals surface area contributed by atoms with Crippen molar-refractivity contribution < 1.29 is 19.4 Å². The van der Waals surface area contributed by atoms with Gasteiger partial charge >= 0.3 is 12.1 Å². The molecule has 5 heteroatoms. The number of amides is 1. The van der Waals surface area contributed by atoms with Crippen molar-refractivity contribution in [3.05, 3.63) is 35.4 Å². The van der Waals surface area contributed by atoms with Crippen LogP contribution in [0, 0.1) is 6.92 Å². The highest BCUT2D eigenvalue weighted by molar-refractivity contribution is 5.72. The standard InChI is InChI=1S/C15H21NO4/c1-10-6-5-7-11(8-10)12(9-13(17)18)16-14(19)20-15(2,3)4/h5-8,12H,9H2,1-4H3,(H,16,19)(H,17,18)/t12-/m0/s1. The van der Waals surface area contributed by atoms with Crippen molar-refractivity contribution in [3.8, 4) is 0 Å². The molecule has 5 nitrogen and oxygen atoms in total. The predicted octanol–water partition coefficient (Wildman–Crippen LogP) is 3.04. The molecular formula is C15H21NO4. The lowest BCUT2D eigenvalue weighted by Gasteiger charge is -2.23. The van der Waals surface area contributed by atoms with E-state index >= 15 is 0 Å². The highest BCUT2D eigenvalue weighted by atomic mass is 16.6. The number of ether oxygens (including phenoxy) is 1.